The smallest absolute Gasteiger partial charge is 0.337 e. The van der Waals surface area contributed by atoms with Crippen LogP contribution in [0.25, 0.3) is 0 Å². The molecule has 3 nitrogen and oxygen atoms in total. The normalized spacial score (nSPS) is 33.2. The van der Waals surface area contributed by atoms with Gasteiger partial charge >= 0.3 is 5.97 Å². The second-order valence-electron chi connectivity index (χ2n) is 9.55. The average molecular weight is 356 g/mol. The van der Waals surface area contributed by atoms with Gasteiger partial charge in [0, 0.05) is 6.54 Å². The Bertz CT molecular complexity index is 601. The first-order valence-electron chi connectivity index (χ1n) is 10.4. The standard InChI is InChI=1S/C23H33NO2/c1-16(10-23-11-18-7-19(12-23)9-20(8-18)13-23)14-24-15-17-3-5-21(6-4-17)22(25)26-2/h3-6,16,18-20,24H,7-15H2,1-2H3. The maximum Gasteiger partial charge on any atom is 0.337 e. The minimum absolute atomic E-state index is 0.270. The molecule has 0 aromatic heterocycles. The van der Waals surface area contributed by atoms with E-state index in [1.54, 1.807) is 0 Å². The molecule has 0 saturated heterocycles. The fourth-order valence-corrected chi connectivity index (χ4v) is 6.69. The molecule has 0 radical (unpaired) electrons. The van der Waals surface area contributed by atoms with Crippen molar-refractivity contribution < 1.29 is 9.53 Å². The summed E-state index contributed by atoms with van der Waals surface area (Å²) in [5, 5.41) is 3.63. The first-order chi connectivity index (χ1) is 12.5. The molecule has 1 N–H and O–H groups in total. The minimum atomic E-state index is -0.270. The van der Waals surface area contributed by atoms with E-state index < -0.39 is 0 Å². The summed E-state index contributed by atoms with van der Waals surface area (Å²) in [4.78, 5) is 11.5. The fourth-order valence-electron chi connectivity index (χ4n) is 6.69. The van der Waals surface area contributed by atoms with Gasteiger partial charge < -0.3 is 10.1 Å². The lowest BCUT2D eigenvalue weighted by atomic mass is 9.48. The molecule has 0 heterocycles. The zero-order chi connectivity index (χ0) is 18.1. The zero-order valence-electron chi connectivity index (χ0n) is 16.3. The van der Waals surface area contributed by atoms with Gasteiger partial charge in [0.15, 0.2) is 0 Å². The molecule has 1 unspecified atom stereocenters. The molecule has 4 saturated carbocycles. The average Bonchev–Trinajstić information content (AvgIpc) is 2.60. The van der Waals surface area contributed by atoms with E-state index in [4.69, 9.17) is 4.74 Å². The molecular weight excluding hydrogens is 322 g/mol. The van der Waals surface area contributed by atoms with Gasteiger partial charge in [0.2, 0.25) is 0 Å². The Kier molecular flexibility index (Phi) is 5.09. The summed E-state index contributed by atoms with van der Waals surface area (Å²) < 4.78 is 4.75. The maximum atomic E-state index is 11.5. The topological polar surface area (TPSA) is 38.3 Å². The summed E-state index contributed by atoms with van der Waals surface area (Å²) in [6.45, 7) is 4.37. The molecule has 4 bridgehead atoms. The van der Waals surface area contributed by atoms with E-state index in [1.165, 1.54) is 57.6 Å². The molecular formula is C23H33NO2. The molecule has 3 heteroatoms. The van der Waals surface area contributed by atoms with Crippen LogP contribution in [0.3, 0.4) is 0 Å². The van der Waals surface area contributed by atoms with E-state index in [9.17, 15) is 4.79 Å². The Morgan fingerprint density at radius 1 is 1.12 bits per heavy atom. The van der Waals surface area contributed by atoms with Crippen molar-refractivity contribution in [2.45, 2.75) is 58.4 Å². The van der Waals surface area contributed by atoms with E-state index >= 15 is 0 Å². The number of hydrogen-bond donors (Lipinski definition) is 1. The van der Waals surface area contributed by atoms with E-state index in [0.29, 0.717) is 11.0 Å². The number of hydrogen-bond acceptors (Lipinski definition) is 3. The second kappa shape index (κ2) is 7.34. The number of ether oxygens (including phenoxy) is 1. The van der Waals surface area contributed by atoms with Crippen LogP contribution in [-0.2, 0) is 11.3 Å². The second-order valence-corrected chi connectivity index (χ2v) is 9.55. The van der Waals surface area contributed by atoms with E-state index in [-0.39, 0.29) is 5.97 Å². The predicted molar refractivity (Wildman–Crippen MR) is 104 cm³/mol. The van der Waals surface area contributed by atoms with Crippen LogP contribution in [0.2, 0.25) is 0 Å². The van der Waals surface area contributed by atoms with Crippen molar-refractivity contribution in [3.63, 3.8) is 0 Å². The van der Waals surface area contributed by atoms with Gasteiger partial charge in [0.05, 0.1) is 12.7 Å². The van der Waals surface area contributed by atoms with Crippen molar-refractivity contribution >= 4 is 5.97 Å². The summed E-state index contributed by atoms with van der Waals surface area (Å²) in [7, 11) is 1.42. The van der Waals surface area contributed by atoms with Crippen molar-refractivity contribution in [1.29, 1.82) is 0 Å². The first-order valence-corrected chi connectivity index (χ1v) is 10.4. The van der Waals surface area contributed by atoms with Gasteiger partial charge in [-0.25, -0.2) is 4.79 Å². The molecule has 0 aliphatic heterocycles. The number of carbonyl (C=O) groups is 1. The largest absolute Gasteiger partial charge is 0.465 e. The molecule has 1 aromatic carbocycles. The van der Waals surface area contributed by atoms with Crippen LogP contribution in [0, 0.1) is 29.1 Å². The van der Waals surface area contributed by atoms with Crippen molar-refractivity contribution in [2.24, 2.45) is 29.1 Å². The number of nitrogens with one attached hydrogen (secondary N) is 1. The molecule has 0 spiro atoms. The molecule has 1 aromatic rings. The van der Waals surface area contributed by atoms with E-state index in [2.05, 4.69) is 12.2 Å². The van der Waals surface area contributed by atoms with Crippen LogP contribution in [0.4, 0.5) is 0 Å². The molecule has 4 fully saturated rings. The Morgan fingerprint density at radius 2 is 1.69 bits per heavy atom. The van der Waals surface area contributed by atoms with Gasteiger partial charge in [-0.15, -0.1) is 0 Å². The Morgan fingerprint density at radius 3 is 2.23 bits per heavy atom. The van der Waals surface area contributed by atoms with Gasteiger partial charge in [-0.1, -0.05) is 19.1 Å². The van der Waals surface area contributed by atoms with Crippen LogP contribution >= 0.6 is 0 Å². The van der Waals surface area contributed by atoms with E-state index in [0.717, 1.165) is 36.8 Å². The zero-order valence-corrected chi connectivity index (χ0v) is 16.3. The summed E-state index contributed by atoms with van der Waals surface area (Å²) in [5.74, 6) is 3.62. The number of rotatable bonds is 7. The van der Waals surface area contributed by atoms with Crippen molar-refractivity contribution in [1.82, 2.24) is 5.32 Å². The molecule has 142 valence electrons. The molecule has 4 aliphatic carbocycles. The minimum Gasteiger partial charge on any atom is -0.465 e. The molecule has 5 rings (SSSR count). The van der Waals surface area contributed by atoms with Crippen LogP contribution in [0.15, 0.2) is 24.3 Å². The Balaban J connectivity index is 1.24. The van der Waals surface area contributed by atoms with Gasteiger partial charge in [-0.3, -0.25) is 0 Å². The van der Waals surface area contributed by atoms with Crippen molar-refractivity contribution in [3.8, 4) is 0 Å². The lowest BCUT2D eigenvalue weighted by molar-refractivity contribution is -0.0641. The summed E-state index contributed by atoms with van der Waals surface area (Å²) in [5.41, 5.74) is 2.52. The predicted octanol–water partition coefficient (Wildman–Crippen LogP) is 4.81. The number of esters is 1. The number of benzene rings is 1. The molecule has 1 atom stereocenters. The highest BCUT2D eigenvalue weighted by atomic mass is 16.5. The third kappa shape index (κ3) is 3.83. The first kappa shape index (κ1) is 18.0. The summed E-state index contributed by atoms with van der Waals surface area (Å²) in [6.07, 6.45) is 10.5. The molecule has 4 aliphatic rings. The van der Waals surface area contributed by atoms with Gasteiger partial charge in [0.25, 0.3) is 0 Å². The van der Waals surface area contributed by atoms with Gasteiger partial charge in [-0.05, 0) is 98.3 Å². The number of carbonyl (C=O) groups excluding carboxylic acids is 1. The summed E-state index contributed by atoms with van der Waals surface area (Å²) >= 11 is 0. The monoisotopic (exact) mass is 355 g/mol. The van der Waals surface area contributed by atoms with Crippen LogP contribution in [0.5, 0.6) is 0 Å². The summed E-state index contributed by atoms with van der Waals surface area (Å²) in [6, 6.07) is 7.73. The lowest BCUT2D eigenvalue weighted by Gasteiger charge is -2.57. The third-order valence-corrected chi connectivity index (χ3v) is 7.14. The van der Waals surface area contributed by atoms with Crippen LogP contribution in [0.1, 0.15) is 67.8 Å². The quantitative estimate of drug-likeness (QED) is 0.714. The highest BCUT2D eigenvalue weighted by molar-refractivity contribution is 5.89. The molecule has 0 amide bonds. The van der Waals surface area contributed by atoms with Crippen LogP contribution < -0.4 is 5.32 Å². The Hall–Kier alpha value is -1.35. The number of methoxy groups -OCH3 is 1. The van der Waals surface area contributed by atoms with E-state index in [1.807, 2.05) is 24.3 Å². The van der Waals surface area contributed by atoms with Gasteiger partial charge in [0.1, 0.15) is 0 Å². The SMILES string of the molecule is COC(=O)c1ccc(CNCC(C)CC23CC4CC(CC(C4)C2)C3)cc1. The maximum absolute atomic E-state index is 11.5. The van der Waals surface area contributed by atoms with Crippen LogP contribution in [-0.4, -0.2) is 19.6 Å². The molecule has 26 heavy (non-hydrogen) atoms. The Labute approximate surface area is 157 Å². The third-order valence-electron chi connectivity index (χ3n) is 7.14. The highest BCUT2D eigenvalue weighted by Crippen LogP contribution is 2.61. The van der Waals surface area contributed by atoms with Gasteiger partial charge in [-0.2, -0.15) is 0 Å². The lowest BCUT2D eigenvalue weighted by Crippen LogP contribution is -2.47. The highest BCUT2D eigenvalue weighted by Gasteiger charge is 2.50. The fraction of sp³-hybridized carbons (Fsp3) is 0.696. The van der Waals surface area contributed by atoms with Crippen molar-refractivity contribution in [3.05, 3.63) is 35.4 Å². The van der Waals surface area contributed by atoms with Crippen molar-refractivity contribution in [2.75, 3.05) is 13.7 Å².